The van der Waals surface area contributed by atoms with E-state index in [-0.39, 0.29) is 5.57 Å². The highest BCUT2D eigenvalue weighted by Crippen LogP contribution is 2.32. The van der Waals surface area contributed by atoms with Gasteiger partial charge in [0.25, 0.3) is 0 Å². The number of nitrogens with one attached hydrogen (secondary N) is 1. The van der Waals surface area contributed by atoms with Crippen LogP contribution in [0.2, 0.25) is 0 Å². The third kappa shape index (κ3) is 3.31. The summed E-state index contributed by atoms with van der Waals surface area (Å²) in [5.74, 6) is -2.30. The summed E-state index contributed by atoms with van der Waals surface area (Å²) in [6.07, 6.45) is -2.47. The van der Waals surface area contributed by atoms with Crippen LogP contribution in [0.4, 0.5) is 10.2 Å². The van der Waals surface area contributed by atoms with Crippen LogP contribution in [0.15, 0.2) is 23.1 Å². The van der Waals surface area contributed by atoms with Gasteiger partial charge in [-0.1, -0.05) is 20.4 Å². The van der Waals surface area contributed by atoms with E-state index in [2.05, 4.69) is 16.9 Å². The lowest BCUT2D eigenvalue weighted by atomic mass is 10.1. The summed E-state index contributed by atoms with van der Waals surface area (Å²) in [7, 11) is 0. The third-order valence-corrected chi connectivity index (χ3v) is 3.46. The van der Waals surface area contributed by atoms with Crippen molar-refractivity contribution in [3.05, 3.63) is 34.7 Å². The number of aliphatic hydroxyl groups is 2. The molecule has 2 rings (SSSR count). The zero-order valence-electron chi connectivity index (χ0n) is 12.7. The van der Waals surface area contributed by atoms with Crippen molar-refractivity contribution in [1.82, 2.24) is 9.55 Å². The van der Waals surface area contributed by atoms with Crippen LogP contribution in [0.5, 0.6) is 0 Å². The number of hydrogen-bond donors (Lipinski definition) is 3. The average molecular weight is 327 g/mol. The standard InChI is InChI=1S/C14H18FN3O5/c1-6(2)12(21)16-11-8(15)4-18(14(22)17-11)13-7(3)10(20)9(5-19)23-13/h4,6,9-10,13,19-20H,3,5H2,1-2H3,(H,16,17,21,22)/t9-,10+,13-/m1/s1. The Balaban J connectivity index is 2.32. The van der Waals surface area contributed by atoms with Gasteiger partial charge in [-0.05, 0) is 0 Å². The van der Waals surface area contributed by atoms with Crippen molar-refractivity contribution in [2.24, 2.45) is 5.92 Å². The molecule has 8 nitrogen and oxygen atoms in total. The molecular formula is C14H18FN3O5. The van der Waals surface area contributed by atoms with E-state index in [1.807, 2.05) is 0 Å². The number of anilines is 1. The van der Waals surface area contributed by atoms with E-state index in [0.29, 0.717) is 0 Å². The summed E-state index contributed by atoms with van der Waals surface area (Å²) in [6, 6.07) is 0. The van der Waals surface area contributed by atoms with Crippen LogP contribution in [-0.4, -0.2) is 44.5 Å². The van der Waals surface area contributed by atoms with Gasteiger partial charge in [-0.3, -0.25) is 9.36 Å². The highest BCUT2D eigenvalue weighted by atomic mass is 19.1. The van der Waals surface area contributed by atoms with Crippen LogP contribution in [0, 0.1) is 11.7 Å². The lowest BCUT2D eigenvalue weighted by Gasteiger charge is -2.16. The van der Waals surface area contributed by atoms with E-state index in [9.17, 15) is 19.1 Å². The Morgan fingerprint density at radius 3 is 2.78 bits per heavy atom. The monoisotopic (exact) mass is 327 g/mol. The number of hydrogen-bond acceptors (Lipinski definition) is 6. The number of rotatable bonds is 4. The highest BCUT2D eigenvalue weighted by Gasteiger charge is 2.39. The lowest BCUT2D eigenvalue weighted by Crippen LogP contribution is -2.31. The van der Waals surface area contributed by atoms with Crippen LogP contribution in [0.3, 0.4) is 0 Å². The Kier molecular flexibility index (Phi) is 4.93. The molecule has 0 spiro atoms. The first kappa shape index (κ1) is 17.3. The van der Waals surface area contributed by atoms with Crippen LogP contribution >= 0.6 is 0 Å². The molecule has 1 aliphatic rings. The number of aliphatic hydroxyl groups excluding tert-OH is 2. The predicted molar refractivity (Wildman–Crippen MR) is 78.1 cm³/mol. The average Bonchev–Trinajstić information content (AvgIpc) is 2.78. The molecule has 3 N–H and O–H groups in total. The number of carbonyl (C=O) groups is 1. The molecule has 2 heterocycles. The molecule has 1 aromatic heterocycles. The Morgan fingerprint density at radius 1 is 1.61 bits per heavy atom. The van der Waals surface area contributed by atoms with Gasteiger partial charge in [-0.25, -0.2) is 9.18 Å². The van der Waals surface area contributed by atoms with Gasteiger partial charge in [-0.2, -0.15) is 4.98 Å². The van der Waals surface area contributed by atoms with E-state index < -0.39 is 54.2 Å². The quantitative estimate of drug-likeness (QED) is 0.659. The summed E-state index contributed by atoms with van der Waals surface area (Å²) >= 11 is 0. The fourth-order valence-electron chi connectivity index (χ4n) is 2.06. The number of nitrogens with zero attached hydrogens (tertiary/aromatic N) is 2. The first-order valence-electron chi connectivity index (χ1n) is 6.98. The number of ether oxygens (including phenoxy) is 1. The van der Waals surface area contributed by atoms with Crippen molar-refractivity contribution in [3.63, 3.8) is 0 Å². The molecule has 9 heteroatoms. The zero-order chi connectivity index (χ0) is 17.3. The van der Waals surface area contributed by atoms with E-state index >= 15 is 0 Å². The summed E-state index contributed by atoms with van der Waals surface area (Å²) in [5, 5.41) is 21.1. The molecule has 0 aromatic carbocycles. The second-order valence-corrected chi connectivity index (χ2v) is 5.50. The van der Waals surface area contributed by atoms with Crippen molar-refractivity contribution in [2.75, 3.05) is 11.9 Å². The van der Waals surface area contributed by atoms with Crippen molar-refractivity contribution in [3.8, 4) is 0 Å². The second-order valence-electron chi connectivity index (χ2n) is 5.50. The Hall–Kier alpha value is -2.10. The molecule has 23 heavy (non-hydrogen) atoms. The fourth-order valence-corrected chi connectivity index (χ4v) is 2.06. The van der Waals surface area contributed by atoms with Crippen LogP contribution in [0.1, 0.15) is 20.1 Å². The third-order valence-electron chi connectivity index (χ3n) is 3.46. The Labute approximate surface area is 131 Å². The van der Waals surface area contributed by atoms with E-state index in [4.69, 9.17) is 9.84 Å². The highest BCUT2D eigenvalue weighted by molar-refractivity contribution is 5.91. The molecule has 3 atom stereocenters. The minimum absolute atomic E-state index is 0.103. The minimum Gasteiger partial charge on any atom is -0.394 e. The molecule has 0 aliphatic carbocycles. The van der Waals surface area contributed by atoms with E-state index in [1.54, 1.807) is 13.8 Å². The Morgan fingerprint density at radius 2 is 2.26 bits per heavy atom. The molecule has 1 amide bonds. The Bertz CT molecular complexity index is 687. The lowest BCUT2D eigenvalue weighted by molar-refractivity contribution is -0.118. The van der Waals surface area contributed by atoms with Gasteiger partial charge < -0.3 is 20.3 Å². The van der Waals surface area contributed by atoms with Crippen LogP contribution in [0.25, 0.3) is 0 Å². The number of halogens is 1. The van der Waals surface area contributed by atoms with Gasteiger partial charge in [0, 0.05) is 11.5 Å². The van der Waals surface area contributed by atoms with Gasteiger partial charge in [0.2, 0.25) is 5.91 Å². The largest absolute Gasteiger partial charge is 0.394 e. The van der Waals surface area contributed by atoms with Gasteiger partial charge in [0.1, 0.15) is 12.2 Å². The van der Waals surface area contributed by atoms with Crippen molar-refractivity contribution in [2.45, 2.75) is 32.3 Å². The maximum Gasteiger partial charge on any atom is 0.352 e. The topological polar surface area (TPSA) is 114 Å². The zero-order valence-corrected chi connectivity index (χ0v) is 12.7. The molecule has 0 radical (unpaired) electrons. The smallest absolute Gasteiger partial charge is 0.352 e. The first-order chi connectivity index (χ1) is 10.8. The fraction of sp³-hybridized carbons (Fsp3) is 0.500. The normalized spacial score (nSPS) is 24.3. The molecule has 1 aromatic rings. The van der Waals surface area contributed by atoms with Crippen molar-refractivity contribution < 1.29 is 24.1 Å². The second kappa shape index (κ2) is 6.57. The molecule has 0 bridgehead atoms. The summed E-state index contributed by atoms with van der Waals surface area (Å²) in [6.45, 7) is 6.33. The SMILES string of the molecule is C=C1[C@H](n2cc(F)c(NC(=O)C(C)C)nc2=O)O[C@H](CO)[C@H]1O. The maximum absolute atomic E-state index is 14.1. The molecule has 1 fully saturated rings. The number of amides is 1. The predicted octanol–water partition coefficient (Wildman–Crippen LogP) is -0.216. The minimum atomic E-state index is -1.18. The molecule has 1 saturated heterocycles. The first-order valence-corrected chi connectivity index (χ1v) is 6.98. The van der Waals surface area contributed by atoms with Gasteiger partial charge in [0.15, 0.2) is 17.9 Å². The molecule has 1 aliphatic heterocycles. The summed E-state index contributed by atoms with van der Waals surface area (Å²) in [5.41, 5.74) is -0.784. The summed E-state index contributed by atoms with van der Waals surface area (Å²) in [4.78, 5) is 27.1. The number of aromatic nitrogens is 2. The molecule has 0 unspecified atom stereocenters. The van der Waals surface area contributed by atoms with Crippen LogP contribution in [-0.2, 0) is 9.53 Å². The molecule has 126 valence electrons. The summed E-state index contributed by atoms with van der Waals surface area (Å²) < 4.78 is 20.2. The van der Waals surface area contributed by atoms with Crippen molar-refractivity contribution >= 4 is 11.7 Å². The van der Waals surface area contributed by atoms with E-state index in [0.717, 1.165) is 10.8 Å². The molecule has 0 saturated carbocycles. The van der Waals surface area contributed by atoms with Crippen LogP contribution < -0.4 is 11.0 Å². The van der Waals surface area contributed by atoms with Gasteiger partial charge >= 0.3 is 5.69 Å². The molecular weight excluding hydrogens is 309 g/mol. The van der Waals surface area contributed by atoms with Gasteiger partial charge in [-0.15, -0.1) is 0 Å². The van der Waals surface area contributed by atoms with Crippen molar-refractivity contribution in [1.29, 1.82) is 0 Å². The van der Waals surface area contributed by atoms with Gasteiger partial charge in [0.05, 0.1) is 12.8 Å². The maximum atomic E-state index is 14.1. The number of carbonyl (C=O) groups excluding carboxylic acids is 1. The van der Waals surface area contributed by atoms with E-state index in [1.165, 1.54) is 0 Å².